The van der Waals surface area contributed by atoms with Crippen molar-refractivity contribution >= 4 is 23.3 Å². The minimum absolute atomic E-state index is 0.00177. The summed E-state index contributed by atoms with van der Waals surface area (Å²) in [5.41, 5.74) is 1.35. The predicted octanol–water partition coefficient (Wildman–Crippen LogP) is 3.00. The molecule has 1 amide bonds. The number of benzene rings is 2. The SMILES string of the molecule is COc1ccc(CNC(=O)C2CC(=O)c3cc(Cl)ccc3O2)cc1. The number of carbonyl (C=O) groups is 2. The first-order valence-corrected chi connectivity index (χ1v) is 7.84. The highest BCUT2D eigenvalue weighted by Crippen LogP contribution is 2.30. The number of carbonyl (C=O) groups excluding carboxylic acids is 2. The molecule has 0 aromatic heterocycles. The summed E-state index contributed by atoms with van der Waals surface area (Å²) in [4.78, 5) is 24.4. The summed E-state index contributed by atoms with van der Waals surface area (Å²) in [5.74, 6) is 0.671. The number of fused-ring (bicyclic) bond motifs is 1. The Labute approximate surface area is 144 Å². The van der Waals surface area contributed by atoms with Gasteiger partial charge < -0.3 is 14.8 Å². The Morgan fingerprint density at radius 1 is 1.29 bits per heavy atom. The average Bonchev–Trinajstić information content (AvgIpc) is 2.60. The molecular weight excluding hydrogens is 330 g/mol. The number of hydrogen-bond donors (Lipinski definition) is 1. The highest BCUT2D eigenvalue weighted by Gasteiger charge is 2.31. The van der Waals surface area contributed by atoms with Gasteiger partial charge in [0, 0.05) is 11.6 Å². The molecule has 0 bridgehead atoms. The molecule has 5 nitrogen and oxygen atoms in total. The smallest absolute Gasteiger partial charge is 0.261 e. The van der Waals surface area contributed by atoms with Crippen molar-refractivity contribution in [1.82, 2.24) is 5.32 Å². The summed E-state index contributed by atoms with van der Waals surface area (Å²) in [7, 11) is 1.60. The van der Waals surface area contributed by atoms with Crippen LogP contribution in [0.25, 0.3) is 0 Å². The van der Waals surface area contributed by atoms with Gasteiger partial charge in [0.25, 0.3) is 5.91 Å². The topological polar surface area (TPSA) is 64.6 Å². The molecule has 0 spiro atoms. The maximum Gasteiger partial charge on any atom is 0.261 e. The molecule has 0 fully saturated rings. The molecule has 24 heavy (non-hydrogen) atoms. The van der Waals surface area contributed by atoms with Crippen molar-refractivity contribution in [3.8, 4) is 11.5 Å². The maximum absolute atomic E-state index is 12.3. The molecular formula is C18H16ClNO4. The van der Waals surface area contributed by atoms with Gasteiger partial charge in [0.2, 0.25) is 0 Å². The number of amides is 1. The van der Waals surface area contributed by atoms with E-state index in [0.717, 1.165) is 11.3 Å². The van der Waals surface area contributed by atoms with Crippen molar-refractivity contribution in [2.75, 3.05) is 7.11 Å². The van der Waals surface area contributed by atoms with E-state index in [1.165, 1.54) is 0 Å². The summed E-state index contributed by atoms with van der Waals surface area (Å²) in [6.07, 6.45) is -0.827. The van der Waals surface area contributed by atoms with Crippen LogP contribution in [0.5, 0.6) is 11.5 Å². The lowest BCUT2D eigenvalue weighted by Crippen LogP contribution is -2.41. The average molecular weight is 346 g/mol. The molecule has 1 N–H and O–H groups in total. The van der Waals surface area contributed by atoms with Gasteiger partial charge in [-0.2, -0.15) is 0 Å². The fourth-order valence-electron chi connectivity index (χ4n) is 2.49. The molecule has 1 aliphatic heterocycles. The molecule has 1 heterocycles. The van der Waals surface area contributed by atoms with Gasteiger partial charge in [0.15, 0.2) is 11.9 Å². The number of methoxy groups -OCH3 is 1. The molecule has 0 radical (unpaired) electrons. The number of ketones is 1. The third kappa shape index (κ3) is 3.51. The Kier molecular flexibility index (Phi) is 4.71. The third-order valence-electron chi connectivity index (χ3n) is 3.80. The van der Waals surface area contributed by atoms with E-state index in [9.17, 15) is 9.59 Å². The molecule has 0 aliphatic carbocycles. The molecule has 0 saturated carbocycles. The summed E-state index contributed by atoms with van der Waals surface area (Å²) < 4.78 is 10.7. The normalized spacial score (nSPS) is 16.1. The van der Waals surface area contributed by atoms with Gasteiger partial charge in [-0.25, -0.2) is 0 Å². The van der Waals surface area contributed by atoms with Crippen LogP contribution in [0.1, 0.15) is 22.3 Å². The zero-order valence-electron chi connectivity index (χ0n) is 13.0. The Hall–Kier alpha value is -2.53. The van der Waals surface area contributed by atoms with Gasteiger partial charge in [-0.15, -0.1) is 0 Å². The first-order chi connectivity index (χ1) is 11.6. The number of hydrogen-bond acceptors (Lipinski definition) is 4. The Morgan fingerprint density at radius 2 is 2.04 bits per heavy atom. The minimum atomic E-state index is -0.829. The fourth-order valence-corrected chi connectivity index (χ4v) is 2.66. The molecule has 124 valence electrons. The lowest BCUT2D eigenvalue weighted by Gasteiger charge is -2.24. The first-order valence-electron chi connectivity index (χ1n) is 7.47. The highest BCUT2D eigenvalue weighted by atomic mass is 35.5. The zero-order valence-corrected chi connectivity index (χ0v) is 13.8. The molecule has 2 aromatic rings. The van der Waals surface area contributed by atoms with Gasteiger partial charge in [0.1, 0.15) is 11.5 Å². The van der Waals surface area contributed by atoms with E-state index in [1.54, 1.807) is 25.3 Å². The van der Waals surface area contributed by atoms with Crippen molar-refractivity contribution in [2.24, 2.45) is 0 Å². The van der Waals surface area contributed by atoms with E-state index in [2.05, 4.69) is 5.32 Å². The molecule has 0 saturated heterocycles. The van der Waals surface area contributed by atoms with Gasteiger partial charge >= 0.3 is 0 Å². The van der Waals surface area contributed by atoms with Gasteiger partial charge in [0.05, 0.1) is 19.1 Å². The summed E-state index contributed by atoms with van der Waals surface area (Å²) >= 11 is 5.88. The number of ether oxygens (including phenoxy) is 2. The lowest BCUT2D eigenvalue weighted by atomic mass is 10.0. The van der Waals surface area contributed by atoms with Crippen LogP contribution in [0, 0.1) is 0 Å². The fraction of sp³-hybridized carbons (Fsp3) is 0.222. The van der Waals surface area contributed by atoms with E-state index >= 15 is 0 Å². The number of nitrogens with one attached hydrogen (secondary N) is 1. The van der Waals surface area contributed by atoms with Crippen LogP contribution in [0.2, 0.25) is 5.02 Å². The summed E-state index contributed by atoms with van der Waals surface area (Å²) in [5, 5.41) is 3.25. The van der Waals surface area contributed by atoms with Crippen LogP contribution in [-0.4, -0.2) is 24.9 Å². The van der Waals surface area contributed by atoms with Crippen LogP contribution in [-0.2, 0) is 11.3 Å². The molecule has 1 unspecified atom stereocenters. The van der Waals surface area contributed by atoms with Crippen LogP contribution >= 0.6 is 11.6 Å². The Balaban J connectivity index is 1.63. The van der Waals surface area contributed by atoms with E-state index in [0.29, 0.717) is 22.9 Å². The summed E-state index contributed by atoms with van der Waals surface area (Å²) in [6, 6.07) is 12.2. The maximum atomic E-state index is 12.3. The molecule has 1 aliphatic rings. The van der Waals surface area contributed by atoms with Crippen molar-refractivity contribution in [2.45, 2.75) is 19.1 Å². The predicted molar refractivity (Wildman–Crippen MR) is 89.7 cm³/mol. The van der Waals surface area contributed by atoms with E-state index in [-0.39, 0.29) is 18.1 Å². The van der Waals surface area contributed by atoms with Crippen LogP contribution in [0.4, 0.5) is 0 Å². The van der Waals surface area contributed by atoms with E-state index in [4.69, 9.17) is 21.1 Å². The monoisotopic (exact) mass is 345 g/mol. The standard InChI is InChI=1S/C18H16ClNO4/c1-23-13-5-2-11(3-6-13)10-20-18(22)17-9-15(21)14-8-12(19)4-7-16(14)24-17/h2-8,17H,9-10H2,1H3,(H,20,22). The molecule has 2 aromatic carbocycles. The van der Waals surface area contributed by atoms with Crippen LogP contribution in [0.15, 0.2) is 42.5 Å². The molecule has 6 heteroatoms. The number of Topliss-reactive ketones (excluding diaryl/α,β-unsaturated/α-hetero) is 1. The Morgan fingerprint density at radius 3 is 2.75 bits per heavy atom. The second-order valence-electron chi connectivity index (χ2n) is 5.44. The summed E-state index contributed by atoms with van der Waals surface area (Å²) in [6.45, 7) is 0.352. The van der Waals surface area contributed by atoms with E-state index in [1.807, 2.05) is 24.3 Å². The zero-order chi connectivity index (χ0) is 17.1. The van der Waals surface area contributed by atoms with Crippen LogP contribution in [0.3, 0.4) is 0 Å². The van der Waals surface area contributed by atoms with Crippen LogP contribution < -0.4 is 14.8 Å². The molecule has 1 atom stereocenters. The van der Waals surface area contributed by atoms with Gasteiger partial charge in [-0.3, -0.25) is 9.59 Å². The number of halogens is 1. The van der Waals surface area contributed by atoms with E-state index < -0.39 is 6.10 Å². The first kappa shape index (κ1) is 16.3. The lowest BCUT2D eigenvalue weighted by molar-refractivity contribution is -0.128. The second-order valence-corrected chi connectivity index (χ2v) is 5.88. The second kappa shape index (κ2) is 6.93. The van der Waals surface area contributed by atoms with Crippen molar-refractivity contribution in [3.63, 3.8) is 0 Å². The number of rotatable bonds is 4. The van der Waals surface area contributed by atoms with Crippen molar-refractivity contribution in [1.29, 1.82) is 0 Å². The highest BCUT2D eigenvalue weighted by molar-refractivity contribution is 6.31. The molecule has 3 rings (SSSR count). The van der Waals surface area contributed by atoms with Crippen molar-refractivity contribution < 1.29 is 19.1 Å². The van der Waals surface area contributed by atoms with Gasteiger partial charge in [-0.05, 0) is 35.9 Å². The quantitative estimate of drug-likeness (QED) is 0.925. The third-order valence-corrected chi connectivity index (χ3v) is 4.04. The minimum Gasteiger partial charge on any atom is -0.497 e. The largest absolute Gasteiger partial charge is 0.497 e. The van der Waals surface area contributed by atoms with Crippen molar-refractivity contribution in [3.05, 3.63) is 58.6 Å². The Bertz CT molecular complexity index is 773. The van der Waals surface area contributed by atoms with Gasteiger partial charge in [-0.1, -0.05) is 23.7 Å².